The van der Waals surface area contributed by atoms with Crippen LogP contribution in [0.3, 0.4) is 0 Å². The highest BCUT2D eigenvalue weighted by atomic mass is 32.2. The molecule has 0 radical (unpaired) electrons. The topological polar surface area (TPSA) is 92.8 Å². The summed E-state index contributed by atoms with van der Waals surface area (Å²) in [5.74, 6) is 0.947. The van der Waals surface area contributed by atoms with Crippen LogP contribution >= 0.6 is 11.8 Å². The van der Waals surface area contributed by atoms with Gasteiger partial charge < -0.3 is 10.1 Å². The summed E-state index contributed by atoms with van der Waals surface area (Å²) in [5, 5.41) is 10.4. The summed E-state index contributed by atoms with van der Waals surface area (Å²) < 4.78 is 5.15. The molecule has 0 fully saturated rings. The minimum atomic E-state index is -0.266. The molecule has 0 spiro atoms. The second-order valence-corrected chi connectivity index (χ2v) is 5.48. The highest BCUT2D eigenvalue weighted by Gasteiger charge is 2.16. The molecule has 0 aliphatic rings. The molecule has 7 nitrogen and oxygen atoms in total. The largest absolute Gasteiger partial charge is 0.382 e. The zero-order valence-corrected chi connectivity index (χ0v) is 13.4. The zero-order valence-electron chi connectivity index (χ0n) is 12.6. The SMILES string of the molecule is CCc1nc(SCC(=O)N[C@@H](COC)c2ccccn2)n[nH]1. The van der Waals surface area contributed by atoms with Gasteiger partial charge in [-0.3, -0.25) is 14.9 Å². The number of aromatic nitrogens is 4. The van der Waals surface area contributed by atoms with Crippen molar-refractivity contribution >= 4 is 17.7 Å². The number of aryl methyl sites for hydroxylation is 1. The van der Waals surface area contributed by atoms with Crippen molar-refractivity contribution in [2.75, 3.05) is 19.5 Å². The molecule has 0 saturated heterocycles. The maximum absolute atomic E-state index is 12.1. The Balaban J connectivity index is 1.88. The number of hydrogen-bond acceptors (Lipinski definition) is 6. The van der Waals surface area contributed by atoms with Crippen LogP contribution in [0.4, 0.5) is 0 Å². The zero-order chi connectivity index (χ0) is 15.8. The van der Waals surface area contributed by atoms with Gasteiger partial charge in [-0.1, -0.05) is 24.8 Å². The van der Waals surface area contributed by atoms with Gasteiger partial charge in [0.2, 0.25) is 11.1 Å². The highest BCUT2D eigenvalue weighted by Crippen LogP contribution is 2.14. The molecule has 22 heavy (non-hydrogen) atoms. The molecule has 8 heteroatoms. The number of pyridine rings is 1. The molecule has 2 N–H and O–H groups in total. The number of amides is 1. The molecule has 0 unspecified atom stereocenters. The van der Waals surface area contributed by atoms with Crippen molar-refractivity contribution in [2.24, 2.45) is 0 Å². The number of carbonyl (C=O) groups is 1. The second kappa shape index (κ2) is 8.50. The van der Waals surface area contributed by atoms with Gasteiger partial charge in [0, 0.05) is 19.7 Å². The summed E-state index contributed by atoms with van der Waals surface area (Å²) in [6.45, 7) is 2.36. The molecule has 2 aromatic rings. The van der Waals surface area contributed by atoms with E-state index < -0.39 is 0 Å². The molecule has 2 heterocycles. The lowest BCUT2D eigenvalue weighted by molar-refractivity contribution is -0.119. The van der Waals surface area contributed by atoms with E-state index in [2.05, 4.69) is 25.5 Å². The van der Waals surface area contributed by atoms with E-state index in [0.717, 1.165) is 17.9 Å². The van der Waals surface area contributed by atoms with E-state index in [0.29, 0.717) is 11.8 Å². The van der Waals surface area contributed by atoms with Crippen LogP contribution in [-0.4, -0.2) is 45.5 Å². The fourth-order valence-electron chi connectivity index (χ4n) is 1.82. The Bertz CT molecular complexity index is 590. The Morgan fingerprint density at radius 2 is 2.36 bits per heavy atom. The van der Waals surface area contributed by atoms with Crippen LogP contribution in [0.25, 0.3) is 0 Å². The molecule has 0 saturated carbocycles. The number of H-pyrrole nitrogens is 1. The highest BCUT2D eigenvalue weighted by molar-refractivity contribution is 7.99. The van der Waals surface area contributed by atoms with Crippen LogP contribution in [-0.2, 0) is 16.0 Å². The molecule has 1 atom stereocenters. The summed E-state index contributed by atoms with van der Waals surface area (Å²) >= 11 is 1.29. The van der Waals surface area contributed by atoms with Crippen molar-refractivity contribution in [2.45, 2.75) is 24.5 Å². The van der Waals surface area contributed by atoms with Gasteiger partial charge in [0.15, 0.2) is 0 Å². The molecule has 0 aromatic carbocycles. The predicted octanol–water partition coefficient (Wildman–Crippen LogP) is 1.36. The van der Waals surface area contributed by atoms with Crippen LogP contribution in [0, 0.1) is 0 Å². The fraction of sp³-hybridized carbons (Fsp3) is 0.429. The molecule has 0 bridgehead atoms. The van der Waals surface area contributed by atoms with E-state index in [-0.39, 0.29) is 17.7 Å². The van der Waals surface area contributed by atoms with Crippen molar-refractivity contribution in [1.82, 2.24) is 25.5 Å². The Labute approximate surface area is 133 Å². The first kappa shape index (κ1) is 16.4. The van der Waals surface area contributed by atoms with Crippen molar-refractivity contribution in [3.8, 4) is 0 Å². The first-order valence-electron chi connectivity index (χ1n) is 6.96. The van der Waals surface area contributed by atoms with Crippen LogP contribution < -0.4 is 5.32 Å². The minimum absolute atomic E-state index is 0.111. The van der Waals surface area contributed by atoms with Gasteiger partial charge in [-0.05, 0) is 12.1 Å². The van der Waals surface area contributed by atoms with E-state index in [4.69, 9.17) is 4.74 Å². The smallest absolute Gasteiger partial charge is 0.231 e. The van der Waals surface area contributed by atoms with E-state index in [1.165, 1.54) is 11.8 Å². The Morgan fingerprint density at radius 3 is 3.00 bits per heavy atom. The number of thioether (sulfide) groups is 1. The van der Waals surface area contributed by atoms with E-state index in [9.17, 15) is 4.79 Å². The van der Waals surface area contributed by atoms with Crippen molar-refractivity contribution < 1.29 is 9.53 Å². The predicted molar refractivity (Wildman–Crippen MR) is 83.5 cm³/mol. The number of carbonyl (C=O) groups excluding carboxylic acids is 1. The van der Waals surface area contributed by atoms with Gasteiger partial charge in [0.25, 0.3) is 0 Å². The Kier molecular flexibility index (Phi) is 6.35. The quantitative estimate of drug-likeness (QED) is 0.713. The number of methoxy groups -OCH3 is 1. The number of hydrogen-bond donors (Lipinski definition) is 2. The third kappa shape index (κ3) is 4.81. The summed E-state index contributed by atoms with van der Waals surface area (Å²) in [7, 11) is 1.59. The fourth-order valence-corrected chi connectivity index (χ4v) is 2.44. The minimum Gasteiger partial charge on any atom is -0.382 e. The van der Waals surface area contributed by atoms with Gasteiger partial charge in [-0.25, -0.2) is 4.98 Å². The summed E-state index contributed by atoms with van der Waals surface area (Å²) in [6.07, 6.45) is 2.48. The lowest BCUT2D eigenvalue weighted by Gasteiger charge is -2.17. The molecule has 118 valence electrons. The van der Waals surface area contributed by atoms with Gasteiger partial charge in [0.05, 0.1) is 24.1 Å². The summed E-state index contributed by atoms with van der Waals surface area (Å²) in [6, 6.07) is 5.31. The van der Waals surface area contributed by atoms with Crippen LogP contribution in [0.2, 0.25) is 0 Å². The third-order valence-corrected chi connectivity index (χ3v) is 3.74. The lowest BCUT2D eigenvalue weighted by atomic mass is 10.2. The third-order valence-electron chi connectivity index (χ3n) is 2.89. The number of ether oxygens (including phenoxy) is 1. The number of aromatic amines is 1. The second-order valence-electron chi connectivity index (χ2n) is 4.54. The van der Waals surface area contributed by atoms with Gasteiger partial charge in [0.1, 0.15) is 5.82 Å². The molecule has 0 aliphatic heterocycles. The van der Waals surface area contributed by atoms with Gasteiger partial charge >= 0.3 is 0 Å². The average Bonchev–Trinajstić information content (AvgIpc) is 3.01. The van der Waals surface area contributed by atoms with Crippen LogP contribution in [0.1, 0.15) is 24.5 Å². The molecule has 2 rings (SSSR count). The maximum atomic E-state index is 12.1. The van der Waals surface area contributed by atoms with Crippen molar-refractivity contribution in [3.63, 3.8) is 0 Å². The number of nitrogens with one attached hydrogen (secondary N) is 2. The Morgan fingerprint density at radius 1 is 1.50 bits per heavy atom. The first-order chi connectivity index (χ1) is 10.7. The van der Waals surface area contributed by atoms with Crippen LogP contribution in [0.5, 0.6) is 0 Å². The number of rotatable bonds is 8. The van der Waals surface area contributed by atoms with Crippen molar-refractivity contribution in [3.05, 3.63) is 35.9 Å². The van der Waals surface area contributed by atoms with E-state index >= 15 is 0 Å². The van der Waals surface area contributed by atoms with Gasteiger partial charge in [-0.2, -0.15) is 0 Å². The number of nitrogens with zero attached hydrogens (tertiary/aromatic N) is 3. The normalized spacial score (nSPS) is 12.1. The lowest BCUT2D eigenvalue weighted by Crippen LogP contribution is -2.33. The summed E-state index contributed by atoms with van der Waals surface area (Å²) in [4.78, 5) is 20.6. The molecule has 0 aliphatic carbocycles. The molecule has 1 amide bonds. The van der Waals surface area contributed by atoms with E-state index in [1.807, 2.05) is 25.1 Å². The van der Waals surface area contributed by atoms with Gasteiger partial charge in [-0.15, -0.1) is 5.10 Å². The maximum Gasteiger partial charge on any atom is 0.231 e. The Hall–Kier alpha value is -1.93. The monoisotopic (exact) mass is 321 g/mol. The van der Waals surface area contributed by atoms with Crippen LogP contribution in [0.15, 0.2) is 29.6 Å². The average molecular weight is 321 g/mol. The summed E-state index contributed by atoms with van der Waals surface area (Å²) in [5.41, 5.74) is 0.772. The molecular weight excluding hydrogens is 302 g/mol. The van der Waals surface area contributed by atoms with E-state index in [1.54, 1.807) is 13.3 Å². The molecule has 2 aromatic heterocycles. The first-order valence-corrected chi connectivity index (χ1v) is 7.94. The van der Waals surface area contributed by atoms with Crippen molar-refractivity contribution in [1.29, 1.82) is 0 Å². The standard InChI is InChI=1S/C14H19N5O2S/c1-3-12-17-14(19-18-12)22-9-13(20)16-11(8-21-2)10-6-4-5-7-15-10/h4-7,11H,3,8-9H2,1-2H3,(H,16,20)(H,17,18,19)/t11-/m0/s1. The molecular formula is C14H19N5O2S.